The third-order valence-electron chi connectivity index (χ3n) is 3.18. The first kappa shape index (κ1) is 12.7. The van der Waals surface area contributed by atoms with Crippen LogP contribution < -0.4 is 11.5 Å². The van der Waals surface area contributed by atoms with Crippen LogP contribution in [0.5, 0.6) is 0 Å². The number of aliphatic hydroxyl groups is 2. The number of carbonyl (C=O) groups is 1. The summed E-state index contributed by atoms with van der Waals surface area (Å²) in [5, 5.41) is 19.7. The molecule has 0 radical (unpaired) electrons. The molecule has 1 aliphatic rings. The lowest BCUT2D eigenvalue weighted by Gasteiger charge is -2.16. The predicted octanol–water partition coefficient (Wildman–Crippen LogP) is -2.49. The fourth-order valence-electron chi connectivity index (χ4n) is 2.18. The molecule has 0 spiro atoms. The van der Waals surface area contributed by atoms with Crippen LogP contribution in [0.2, 0.25) is 0 Å². The van der Waals surface area contributed by atoms with Crippen LogP contribution in [0.1, 0.15) is 6.23 Å². The molecule has 0 bridgehead atoms. The summed E-state index contributed by atoms with van der Waals surface area (Å²) in [6, 6.07) is 0. The molecule has 106 valence electrons. The second kappa shape index (κ2) is 4.37. The summed E-state index contributed by atoms with van der Waals surface area (Å²) in [4.78, 5) is 22.9. The van der Waals surface area contributed by atoms with Gasteiger partial charge in [-0.15, -0.1) is 0 Å². The zero-order valence-corrected chi connectivity index (χ0v) is 10.1. The minimum Gasteiger partial charge on any atom is -0.387 e. The summed E-state index contributed by atoms with van der Waals surface area (Å²) in [6.07, 6.45) is -2.54. The van der Waals surface area contributed by atoms with Crippen molar-refractivity contribution in [2.75, 3.05) is 5.73 Å². The van der Waals surface area contributed by atoms with E-state index >= 15 is 0 Å². The molecule has 4 atom stereocenters. The van der Waals surface area contributed by atoms with Crippen molar-refractivity contribution in [3.8, 4) is 0 Å². The van der Waals surface area contributed by atoms with Gasteiger partial charge in [0, 0.05) is 0 Å². The first-order chi connectivity index (χ1) is 9.50. The smallest absolute Gasteiger partial charge is 0.249 e. The van der Waals surface area contributed by atoms with Crippen molar-refractivity contribution in [3.05, 3.63) is 12.7 Å². The topological polar surface area (TPSA) is 162 Å². The van der Waals surface area contributed by atoms with Crippen LogP contribution >= 0.6 is 0 Å². The van der Waals surface area contributed by atoms with Gasteiger partial charge >= 0.3 is 0 Å². The highest BCUT2D eigenvalue weighted by molar-refractivity contribution is 5.81. The summed E-state index contributed by atoms with van der Waals surface area (Å²) in [5.74, 6) is -0.689. The van der Waals surface area contributed by atoms with Crippen LogP contribution in [0.3, 0.4) is 0 Å². The van der Waals surface area contributed by atoms with Crippen molar-refractivity contribution in [1.29, 1.82) is 0 Å². The lowest BCUT2D eigenvalue weighted by atomic mass is 10.1. The summed E-state index contributed by atoms with van der Waals surface area (Å²) >= 11 is 0. The van der Waals surface area contributed by atoms with E-state index in [1.807, 2.05) is 0 Å². The van der Waals surface area contributed by atoms with E-state index in [1.54, 1.807) is 0 Å². The second-order valence-corrected chi connectivity index (χ2v) is 4.41. The van der Waals surface area contributed by atoms with Crippen molar-refractivity contribution in [2.24, 2.45) is 5.73 Å². The minimum atomic E-state index is -1.42. The van der Waals surface area contributed by atoms with Gasteiger partial charge in [-0.25, -0.2) is 15.0 Å². The number of ether oxygens (including phenoxy) is 1. The Bertz CT molecular complexity index is 673. The molecule has 2 aromatic heterocycles. The average Bonchev–Trinajstić information content (AvgIpc) is 2.94. The number of anilines is 1. The van der Waals surface area contributed by atoms with Crippen LogP contribution in [0.25, 0.3) is 11.2 Å². The third kappa shape index (κ3) is 1.70. The van der Waals surface area contributed by atoms with Crippen LogP contribution in [0.15, 0.2) is 12.7 Å². The molecular weight excluding hydrogens is 268 g/mol. The Morgan fingerprint density at radius 2 is 2.05 bits per heavy atom. The molecule has 1 amide bonds. The molecular formula is C10H12N6O4. The number of nitrogens with two attached hydrogens (primary N) is 2. The Kier molecular flexibility index (Phi) is 2.78. The first-order valence-corrected chi connectivity index (χ1v) is 5.74. The van der Waals surface area contributed by atoms with Gasteiger partial charge in [-0.1, -0.05) is 0 Å². The van der Waals surface area contributed by atoms with Gasteiger partial charge < -0.3 is 26.4 Å². The minimum absolute atomic E-state index is 0.174. The number of nitrogens with zero attached hydrogens (tertiary/aromatic N) is 4. The van der Waals surface area contributed by atoms with Crippen LogP contribution in [-0.2, 0) is 9.53 Å². The van der Waals surface area contributed by atoms with Gasteiger partial charge in [0.15, 0.2) is 23.8 Å². The molecule has 6 N–H and O–H groups in total. The molecule has 0 saturated carbocycles. The van der Waals surface area contributed by atoms with Gasteiger partial charge in [-0.05, 0) is 0 Å². The van der Waals surface area contributed by atoms with E-state index in [0.717, 1.165) is 0 Å². The van der Waals surface area contributed by atoms with Crippen molar-refractivity contribution in [1.82, 2.24) is 19.5 Å². The highest BCUT2D eigenvalue weighted by Crippen LogP contribution is 2.31. The van der Waals surface area contributed by atoms with E-state index < -0.39 is 30.4 Å². The normalized spacial score (nSPS) is 29.9. The number of aliphatic hydroxyl groups excluding tert-OH is 2. The van der Waals surface area contributed by atoms with Gasteiger partial charge in [0.05, 0.1) is 6.33 Å². The summed E-state index contributed by atoms with van der Waals surface area (Å²) in [7, 11) is 0. The maximum atomic E-state index is 11.1. The standard InChI is InChI=1S/C10H12N6O4/c11-7-3-9(14-1-13-7)16(2-15-3)10-5(18)4(17)6(20-10)8(12)19/h1-2,4-6,10,17-18H,(H2,12,19)(H2,11,13,14)/t4-,5+,6+,10-/m0/s1. The first-order valence-electron chi connectivity index (χ1n) is 5.74. The zero-order valence-electron chi connectivity index (χ0n) is 10.1. The Balaban J connectivity index is 2.04. The van der Waals surface area contributed by atoms with Gasteiger partial charge in [-0.2, -0.15) is 0 Å². The molecule has 3 rings (SSSR count). The van der Waals surface area contributed by atoms with Crippen LogP contribution in [0.4, 0.5) is 5.82 Å². The number of carbonyl (C=O) groups excluding carboxylic acids is 1. The molecule has 1 fully saturated rings. The largest absolute Gasteiger partial charge is 0.387 e. The molecule has 10 heteroatoms. The Labute approximate surface area is 112 Å². The van der Waals surface area contributed by atoms with E-state index in [-0.39, 0.29) is 5.82 Å². The maximum Gasteiger partial charge on any atom is 0.249 e. The van der Waals surface area contributed by atoms with Crippen molar-refractivity contribution in [2.45, 2.75) is 24.5 Å². The van der Waals surface area contributed by atoms with Crippen molar-refractivity contribution >= 4 is 22.9 Å². The van der Waals surface area contributed by atoms with Crippen molar-refractivity contribution in [3.63, 3.8) is 0 Å². The van der Waals surface area contributed by atoms with Gasteiger partial charge in [0.1, 0.15) is 24.1 Å². The van der Waals surface area contributed by atoms with E-state index in [0.29, 0.717) is 11.2 Å². The Morgan fingerprint density at radius 1 is 1.30 bits per heavy atom. The van der Waals surface area contributed by atoms with Crippen LogP contribution in [-0.4, -0.2) is 54.0 Å². The highest BCUT2D eigenvalue weighted by Gasteiger charge is 2.47. The molecule has 10 nitrogen and oxygen atoms in total. The maximum absolute atomic E-state index is 11.1. The zero-order chi connectivity index (χ0) is 14.4. The molecule has 1 aliphatic heterocycles. The SMILES string of the molecule is NC(=O)[C@@H]1O[C@H](n2cnc3c(N)ncnc32)[C@H](O)[C@@H]1O. The fourth-order valence-corrected chi connectivity index (χ4v) is 2.18. The van der Waals surface area contributed by atoms with E-state index in [1.165, 1.54) is 17.2 Å². The number of amides is 1. The number of aromatic nitrogens is 4. The lowest BCUT2D eigenvalue weighted by molar-refractivity contribution is -0.134. The monoisotopic (exact) mass is 280 g/mol. The average molecular weight is 280 g/mol. The van der Waals surface area contributed by atoms with Crippen molar-refractivity contribution < 1.29 is 19.7 Å². The third-order valence-corrected chi connectivity index (χ3v) is 3.18. The highest BCUT2D eigenvalue weighted by atomic mass is 16.6. The molecule has 0 aromatic carbocycles. The van der Waals surface area contributed by atoms with E-state index in [4.69, 9.17) is 16.2 Å². The van der Waals surface area contributed by atoms with Gasteiger partial charge in [0.25, 0.3) is 0 Å². The Hall–Kier alpha value is -2.30. The number of fused-ring (bicyclic) bond motifs is 1. The number of hydrogen-bond acceptors (Lipinski definition) is 8. The van der Waals surface area contributed by atoms with E-state index in [9.17, 15) is 15.0 Å². The molecule has 0 unspecified atom stereocenters. The van der Waals surface area contributed by atoms with E-state index in [2.05, 4.69) is 15.0 Å². The summed E-state index contributed by atoms with van der Waals surface area (Å²) in [6.45, 7) is 0. The fraction of sp³-hybridized carbons (Fsp3) is 0.400. The molecule has 1 saturated heterocycles. The number of nitrogen functional groups attached to an aromatic ring is 1. The number of imidazole rings is 1. The summed E-state index contributed by atoms with van der Waals surface area (Å²) < 4.78 is 6.65. The van der Waals surface area contributed by atoms with Gasteiger partial charge in [0.2, 0.25) is 5.91 Å². The second-order valence-electron chi connectivity index (χ2n) is 4.41. The lowest BCUT2D eigenvalue weighted by Crippen LogP contribution is -2.39. The summed E-state index contributed by atoms with van der Waals surface area (Å²) in [5.41, 5.74) is 11.4. The molecule has 20 heavy (non-hydrogen) atoms. The Morgan fingerprint density at radius 3 is 2.70 bits per heavy atom. The van der Waals surface area contributed by atoms with Gasteiger partial charge in [-0.3, -0.25) is 9.36 Å². The predicted molar refractivity (Wildman–Crippen MR) is 64.9 cm³/mol. The molecule has 0 aliphatic carbocycles. The number of rotatable bonds is 2. The number of primary amides is 1. The quantitative estimate of drug-likeness (QED) is 0.469. The van der Waals surface area contributed by atoms with Crippen LogP contribution in [0, 0.1) is 0 Å². The molecule has 3 heterocycles. The molecule has 2 aromatic rings. The number of hydrogen-bond donors (Lipinski definition) is 4.